The van der Waals surface area contributed by atoms with Crippen LogP contribution in [0.2, 0.25) is 0 Å². The van der Waals surface area contributed by atoms with Crippen molar-refractivity contribution in [3.63, 3.8) is 0 Å². The number of carbonyl (C=O) groups is 1. The van der Waals surface area contributed by atoms with Gasteiger partial charge in [0, 0.05) is 33.6 Å². The first kappa shape index (κ1) is 17.9. The van der Waals surface area contributed by atoms with Crippen LogP contribution >= 0.6 is 0 Å². The van der Waals surface area contributed by atoms with Crippen LogP contribution in [0.25, 0.3) is 0 Å². The maximum atomic E-state index is 13.8. The molecule has 23 heavy (non-hydrogen) atoms. The highest BCUT2D eigenvalue weighted by atomic mass is 32.2. The molecule has 1 amide bonds. The number of rotatable bonds is 5. The van der Waals surface area contributed by atoms with Crippen molar-refractivity contribution in [2.45, 2.75) is 30.6 Å². The molecule has 0 aromatic heterocycles. The molecule has 7 heteroatoms. The van der Waals surface area contributed by atoms with Crippen LogP contribution in [-0.2, 0) is 14.8 Å². The fraction of sp³-hybridized carbons (Fsp3) is 0.562. The summed E-state index contributed by atoms with van der Waals surface area (Å²) < 4.78 is 40.4. The van der Waals surface area contributed by atoms with Gasteiger partial charge in [0.2, 0.25) is 15.9 Å². The highest BCUT2D eigenvalue weighted by Gasteiger charge is 2.32. The van der Waals surface area contributed by atoms with Gasteiger partial charge in [-0.3, -0.25) is 4.79 Å². The summed E-state index contributed by atoms with van der Waals surface area (Å²) in [5.74, 6) is -0.550. The van der Waals surface area contributed by atoms with Gasteiger partial charge in [-0.1, -0.05) is 12.1 Å². The molecule has 0 spiro atoms. The number of amides is 1. The van der Waals surface area contributed by atoms with E-state index in [2.05, 4.69) is 0 Å². The fourth-order valence-corrected chi connectivity index (χ4v) is 4.44. The molecular formula is C16H23FN2O3S. The van der Waals surface area contributed by atoms with E-state index in [4.69, 9.17) is 0 Å². The summed E-state index contributed by atoms with van der Waals surface area (Å²) in [6.45, 7) is 0.742. The summed E-state index contributed by atoms with van der Waals surface area (Å²) in [4.78, 5) is 12.9. The van der Waals surface area contributed by atoms with Gasteiger partial charge >= 0.3 is 0 Å². The van der Waals surface area contributed by atoms with Crippen LogP contribution in [0.1, 0.15) is 25.7 Å². The van der Waals surface area contributed by atoms with Gasteiger partial charge in [0.05, 0.1) is 0 Å². The van der Waals surface area contributed by atoms with Gasteiger partial charge in [-0.15, -0.1) is 0 Å². The van der Waals surface area contributed by atoms with E-state index in [1.165, 1.54) is 27.4 Å². The second-order valence-corrected chi connectivity index (χ2v) is 8.03. The number of sulfonamides is 1. The second kappa shape index (κ2) is 7.40. The molecule has 1 atom stereocenters. The topological polar surface area (TPSA) is 57.7 Å². The zero-order valence-electron chi connectivity index (χ0n) is 13.5. The number of piperidine rings is 1. The molecule has 5 nitrogen and oxygen atoms in total. The molecule has 1 saturated heterocycles. The molecule has 0 aliphatic carbocycles. The molecule has 1 fully saturated rings. The van der Waals surface area contributed by atoms with E-state index in [0.29, 0.717) is 25.9 Å². The van der Waals surface area contributed by atoms with Crippen molar-refractivity contribution < 1.29 is 17.6 Å². The number of halogens is 1. The molecule has 1 aliphatic rings. The second-order valence-electron chi connectivity index (χ2n) is 6.13. The lowest BCUT2D eigenvalue weighted by atomic mass is 9.94. The molecule has 1 aliphatic heterocycles. The van der Waals surface area contributed by atoms with E-state index >= 15 is 0 Å². The fourth-order valence-electron chi connectivity index (χ4n) is 2.83. The molecule has 0 radical (unpaired) electrons. The molecule has 0 bridgehead atoms. The molecule has 1 unspecified atom stereocenters. The van der Waals surface area contributed by atoms with E-state index in [1.54, 1.807) is 14.1 Å². The predicted molar refractivity (Wildman–Crippen MR) is 85.8 cm³/mol. The number of hydrogen-bond donors (Lipinski definition) is 0. The third-order valence-corrected chi connectivity index (χ3v) is 6.10. The van der Waals surface area contributed by atoms with Crippen LogP contribution in [0, 0.1) is 11.7 Å². The van der Waals surface area contributed by atoms with Gasteiger partial charge in [-0.25, -0.2) is 12.8 Å². The van der Waals surface area contributed by atoms with Crippen molar-refractivity contribution >= 4 is 15.9 Å². The first-order valence-electron chi connectivity index (χ1n) is 7.77. The maximum Gasteiger partial charge on any atom is 0.245 e. The van der Waals surface area contributed by atoms with E-state index in [-0.39, 0.29) is 16.7 Å². The Balaban J connectivity index is 2.06. The minimum Gasteiger partial charge on any atom is -0.349 e. The van der Waals surface area contributed by atoms with Gasteiger partial charge in [0.25, 0.3) is 0 Å². The zero-order chi connectivity index (χ0) is 17.0. The van der Waals surface area contributed by atoms with Crippen LogP contribution in [0.4, 0.5) is 4.39 Å². The molecule has 0 N–H and O–H groups in total. The van der Waals surface area contributed by atoms with Gasteiger partial charge in [-0.2, -0.15) is 4.31 Å². The summed E-state index contributed by atoms with van der Waals surface area (Å²) in [5, 5.41) is 0. The largest absolute Gasteiger partial charge is 0.349 e. The van der Waals surface area contributed by atoms with Crippen LogP contribution < -0.4 is 0 Å². The van der Waals surface area contributed by atoms with E-state index in [9.17, 15) is 17.6 Å². The Morgan fingerprint density at radius 3 is 2.70 bits per heavy atom. The molecule has 1 aromatic rings. The first-order valence-corrected chi connectivity index (χ1v) is 9.21. The Labute approximate surface area is 137 Å². The minimum atomic E-state index is -3.82. The predicted octanol–water partition coefficient (Wildman–Crippen LogP) is 2.09. The van der Waals surface area contributed by atoms with E-state index in [1.807, 2.05) is 0 Å². The van der Waals surface area contributed by atoms with Gasteiger partial charge in [0.1, 0.15) is 10.7 Å². The Morgan fingerprint density at radius 2 is 2.04 bits per heavy atom. The Bertz CT molecular complexity index is 661. The normalized spacial score (nSPS) is 19.5. The zero-order valence-corrected chi connectivity index (χ0v) is 14.4. The molecule has 0 saturated carbocycles. The van der Waals surface area contributed by atoms with Crippen LogP contribution in [-0.4, -0.2) is 50.7 Å². The van der Waals surface area contributed by atoms with E-state index in [0.717, 1.165) is 18.9 Å². The van der Waals surface area contributed by atoms with Crippen molar-refractivity contribution in [2.24, 2.45) is 5.92 Å². The van der Waals surface area contributed by atoms with Crippen LogP contribution in [0.5, 0.6) is 0 Å². The third-order valence-electron chi connectivity index (χ3n) is 4.20. The number of nitrogens with zero attached hydrogens (tertiary/aromatic N) is 2. The SMILES string of the molecule is CN(C)C(=O)CCC1CCCN(S(=O)(=O)c2ccccc2F)C1. The van der Waals surface area contributed by atoms with Crippen molar-refractivity contribution in [3.8, 4) is 0 Å². The monoisotopic (exact) mass is 342 g/mol. The lowest BCUT2D eigenvalue weighted by Gasteiger charge is -2.32. The van der Waals surface area contributed by atoms with Crippen molar-refractivity contribution in [1.82, 2.24) is 9.21 Å². The standard InChI is InChI=1S/C16H23FN2O3S/c1-18(2)16(20)10-9-13-6-5-11-19(12-13)23(21,22)15-8-4-3-7-14(15)17/h3-4,7-8,13H,5-6,9-12H2,1-2H3. The molecule has 1 heterocycles. The maximum absolute atomic E-state index is 13.8. The first-order chi connectivity index (χ1) is 10.8. The molecule has 128 valence electrons. The summed E-state index contributed by atoms with van der Waals surface area (Å²) in [7, 11) is -0.405. The van der Waals surface area contributed by atoms with Gasteiger partial charge in [0.15, 0.2) is 0 Å². The summed E-state index contributed by atoms with van der Waals surface area (Å²) >= 11 is 0. The Hall–Kier alpha value is -1.47. The highest BCUT2D eigenvalue weighted by molar-refractivity contribution is 7.89. The average Bonchev–Trinajstić information content (AvgIpc) is 2.53. The number of hydrogen-bond acceptors (Lipinski definition) is 3. The summed E-state index contributed by atoms with van der Waals surface area (Å²) in [6.07, 6.45) is 2.68. The third kappa shape index (κ3) is 4.29. The van der Waals surface area contributed by atoms with E-state index < -0.39 is 15.8 Å². The number of carbonyl (C=O) groups excluding carboxylic acids is 1. The van der Waals surface area contributed by atoms with Crippen molar-refractivity contribution in [1.29, 1.82) is 0 Å². The smallest absolute Gasteiger partial charge is 0.245 e. The lowest BCUT2D eigenvalue weighted by Crippen LogP contribution is -2.40. The lowest BCUT2D eigenvalue weighted by molar-refractivity contribution is -0.129. The molecule has 2 rings (SSSR count). The average molecular weight is 342 g/mol. The minimum absolute atomic E-state index is 0.0408. The van der Waals surface area contributed by atoms with Gasteiger partial charge < -0.3 is 4.90 Å². The Kier molecular flexibility index (Phi) is 5.75. The molecular weight excluding hydrogens is 319 g/mol. The highest BCUT2D eigenvalue weighted by Crippen LogP contribution is 2.27. The van der Waals surface area contributed by atoms with Crippen molar-refractivity contribution in [2.75, 3.05) is 27.2 Å². The Morgan fingerprint density at radius 1 is 1.35 bits per heavy atom. The quantitative estimate of drug-likeness (QED) is 0.823. The molecule has 1 aromatic carbocycles. The van der Waals surface area contributed by atoms with Crippen molar-refractivity contribution in [3.05, 3.63) is 30.1 Å². The summed E-state index contributed by atoms with van der Waals surface area (Å²) in [6, 6.07) is 5.45. The van der Waals surface area contributed by atoms with Crippen LogP contribution in [0.15, 0.2) is 29.2 Å². The van der Waals surface area contributed by atoms with Crippen LogP contribution in [0.3, 0.4) is 0 Å². The summed E-state index contributed by atoms with van der Waals surface area (Å²) in [5.41, 5.74) is 0. The van der Waals surface area contributed by atoms with Gasteiger partial charge in [-0.05, 0) is 37.3 Å². The number of benzene rings is 1.